The van der Waals surface area contributed by atoms with Gasteiger partial charge in [0.25, 0.3) is 0 Å². The van der Waals surface area contributed by atoms with Crippen molar-refractivity contribution in [2.24, 2.45) is 0 Å². The third-order valence-corrected chi connectivity index (χ3v) is 3.79. The first-order valence-corrected chi connectivity index (χ1v) is 7.13. The van der Waals surface area contributed by atoms with Gasteiger partial charge in [0, 0.05) is 19.6 Å². The molecular weight excluding hydrogens is 258 g/mol. The van der Waals surface area contributed by atoms with Crippen molar-refractivity contribution in [3.05, 3.63) is 16.3 Å². The molecule has 7 nitrogen and oxygen atoms in total. The van der Waals surface area contributed by atoms with Crippen LogP contribution in [0, 0.1) is 10.1 Å². The maximum absolute atomic E-state index is 11.2. The monoisotopic (exact) mass is 279 g/mol. The van der Waals surface area contributed by atoms with Crippen LogP contribution < -0.4 is 10.2 Å². The minimum absolute atomic E-state index is 0.00986. The molecule has 0 saturated carbocycles. The predicted octanol–water partition coefficient (Wildman–Crippen LogP) is 2.59. The number of nitrogens with one attached hydrogen (secondary N) is 1. The molecule has 20 heavy (non-hydrogen) atoms. The van der Waals surface area contributed by atoms with Gasteiger partial charge in [0.15, 0.2) is 0 Å². The van der Waals surface area contributed by atoms with E-state index < -0.39 is 4.92 Å². The van der Waals surface area contributed by atoms with Gasteiger partial charge in [-0.25, -0.2) is 4.98 Å². The quantitative estimate of drug-likeness (QED) is 0.673. The summed E-state index contributed by atoms with van der Waals surface area (Å²) in [5, 5.41) is 14.1. The lowest BCUT2D eigenvalue weighted by atomic mass is 10.1. The zero-order chi connectivity index (χ0) is 14.5. The van der Waals surface area contributed by atoms with Crippen molar-refractivity contribution in [1.29, 1.82) is 0 Å². The highest BCUT2D eigenvalue weighted by Gasteiger charge is 2.28. The van der Waals surface area contributed by atoms with Crippen LogP contribution in [0.1, 0.15) is 39.0 Å². The summed E-state index contributed by atoms with van der Waals surface area (Å²) in [6, 6.07) is 0.316. The van der Waals surface area contributed by atoms with Gasteiger partial charge in [-0.2, -0.15) is 4.98 Å². The lowest BCUT2D eigenvalue weighted by molar-refractivity contribution is -0.384. The summed E-state index contributed by atoms with van der Waals surface area (Å²) in [4.78, 5) is 21.2. The molecule has 7 heteroatoms. The van der Waals surface area contributed by atoms with Crippen LogP contribution in [-0.2, 0) is 0 Å². The Hall–Kier alpha value is -1.92. The molecule has 1 unspecified atom stereocenters. The van der Waals surface area contributed by atoms with Gasteiger partial charge in [-0.3, -0.25) is 10.1 Å². The summed E-state index contributed by atoms with van der Waals surface area (Å²) in [6.07, 6.45) is 6.72. The van der Waals surface area contributed by atoms with Crippen LogP contribution in [0.5, 0.6) is 0 Å². The maximum atomic E-state index is 11.2. The number of nitrogens with zero attached hydrogens (tertiary/aromatic N) is 4. The zero-order valence-electron chi connectivity index (χ0n) is 12.0. The lowest BCUT2D eigenvalue weighted by Crippen LogP contribution is -2.35. The minimum atomic E-state index is -0.396. The molecule has 0 aliphatic carbocycles. The fraction of sp³-hybridized carbons (Fsp3) is 0.692. The minimum Gasteiger partial charge on any atom is -0.357 e. The van der Waals surface area contributed by atoms with Gasteiger partial charge >= 0.3 is 5.69 Å². The highest BCUT2D eigenvalue weighted by Crippen LogP contribution is 2.31. The second-order valence-electron chi connectivity index (χ2n) is 5.01. The van der Waals surface area contributed by atoms with Gasteiger partial charge in [0.1, 0.15) is 6.20 Å². The third kappa shape index (κ3) is 2.97. The molecule has 110 valence electrons. The smallest absolute Gasteiger partial charge is 0.329 e. The molecule has 1 atom stereocenters. The maximum Gasteiger partial charge on any atom is 0.329 e. The fourth-order valence-electron chi connectivity index (χ4n) is 2.71. The van der Waals surface area contributed by atoms with Gasteiger partial charge in [-0.05, 0) is 19.3 Å². The first-order chi connectivity index (χ1) is 9.67. The largest absolute Gasteiger partial charge is 0.357 e. The number of anilines is 2. The molecule has 1 aromatic rings. The first-order valence-electron chi connectivity index (χ1n) is 7.13. The molecule has 1 aliphatic heterocycles. The Morgan fingerprint density at radius 1 is 1.50 bits per heavy atom. The van der Waals surface area contributed by atoms with Gasteiger partial charge < -0.3 is 10.2 Å². The molecule has 1 aliphatic rings. The summed E-state index contributed by atoms with van der Waals surface area (Å²) in [7, 11) is 1.71. The molecular formula is C13H21N5O2. The second-order valence-corrected chi connectivity index (χ2v) is 5.01. The molecule has 0 amide bonds. The van der Waals surface area contributed by atoms with E-state index in [2.05, 4.69) is 27.1 Å². The fourth-order valence-corrected chi connectivity index (χ4v) is 2.71. The number of hydrogen-bond acceptors (Lipinski definition) is 6. The van der Waals surface area contributed by atoms with Crippen LogP contribution >= 0.6 is 0 Å². The Balaban J connectivity index is 2.43. The molecule has 2 rings (SSSR count). The first kappa shape index (κ1) is 14.5. The predicted molar refractivity (Wildman–Crippen MR) is 78.1 cm³/mol. The van der Waals surface area contributed by atoms with E-state index in [0.29, 0.717) is 17.8 Å². The van der Waals surface area contributed by atoms with E-state index in [1.807, 2.05) is 0 Å². The second kappa shape index (κ2) is 6.49. The Bertz CT molecular complexity index is 480. The molecule has 0 radical (unpaired) electrons. The van der Waals surface area contributed by atoms with E-state index in [1.165, 1.54) is 19.0 Å². The number of rotatable bonds is 4. The number of hydrogen-bond donors (Lipinski definition) is 1. The van der Waals surface area contributed by atoms with Crippen molar-refractivity contribution in [2.45, 2.75) is 45.1 Å². The van der Waals surface area contributed by atoms with E-state index in [4.69, 9.17) is 0 Å². The van der Waals surface area contributed by atoms with Crippen molar-refractivity contribution < 1.29 is 4.92 Å². The van der Waals surface area contributed by atoms with Gasteiger partial charge in [-0.1, -0.05) is 19.8 Å². The highest BCUT2D eigenvalue weighted by atomic mass is 16.6. The molecule has 2 heterocycles. The van der Waals surface area contributed by atoms with Crippen LogP contribution in [0.4, 0.5) is 17.5 Å². The highest BCUT2D eigenvalue weighted by molar-refractivity contribution is 5.59. The normalized spacial score (nSPS) is 19.5. The van der Waals surface area contributed by atoms with E-state index in [9.17, 15) is 10.1 Å². The van der Waals surface area contributed by atoms with Crippen molar-refractivity contribution in [3.63, 3.8) is 0 Å². The van der Waals surface area contributed by atoms with Crippen LogP contribution in [0.15, 0.2) is 6.20 Å². The standard InChI is InChI=1S/C13H21N5O2/c1-3-10-7-5-4-6-8-17(10)12-11(18(19)20)9-15-13(14-2)16-12/h9-10H,3-8H2,1-2H3,(H,14,15,16). The molecule has 1 aromatic heterocycles. The van der Waals surface area contributed by atoms with Crippen LogP contribution in [0.25, 0.3) is 0 Å². The Labute approximate surface area is 118 Å². The van der Waals surface area contributed by atoms with Gasteiger partial charge in [0.2, 0.25) is 11.8 Å². The molecule has 1 saturated heterocycles. The molecule has 0 aromatic carbocycles. The summed E-state index contributed by atoms with van der Waals surface area (Å²) >= 11 is 0. The summed E-state index contributed by atoms with van der Waals surface area (Å²) in [5.41, 5.74) is -0.00986. The number of aromatic nitrogens is 2. The van der Waals surface area contributed by atoms with Crippen molar-refractivity contribution >= 4 is 17.5 Å². The van der Waals surface area contributed by atoms with Gasteiger partial charge in [-0.15, -0.1) is 0 Å². The Morgan fingerprint density at radius 3 is 2.95 bits per heavy atom. The van der Waals surface area contributed by atoms with E-state index >= 15 is 0 Å². The van der Waals surface area contributed by atoms with E-state index in [-0.39, 0.29) is 5.69 Å². The summed E-state index contributed by atoms with van der Waals surface area (Å²) in [5.74, 6) is 0.868. The van der Waals surface area contributed by atoms with Crippen molar-refractivity contribution in [1.82, 2.24) is 9.97 Å². The molecule has 0 bridgehead atoms. The average molecular weight is 279 g/mol. The van der Waals surface area contributed by atoms with Crippen LogP contribution in [0.2, 0.25) is 0 Å². The van der Waals surface area contributed by atoms with E-state index in [1.54, 1.807) is 7.05 Å². The molecule has 1 N–H and O–H groups in total. The SMILES string of the molecule is CCC1CCCCCN1c1nc(NC)ncc1[N+](=O)[O-]. The number of nitro groups is 1. The van der Waals surface area contributed by atoms with Crippen LogP contribution in [-0.4, -0.2) is 34.5 Å². The Morgan fingerprint density at radius 2 is 2.30 bits per heavy atom. The average Bonchev–Trinajstić information content (AvgIpc) is 2.71. The third-order valence-electron chi connectivity index (χ3n) is 3.79. The zero-order valence-corrected chi connectivity index (χ0v) is 12.0. The van der Waals surface area contributed by atoms with Crippen molar-refractivity contribution in [2.75, 3.05) is 23.8 Å². The topological polar surface area (TPSA) is 84.2 Å². The van der Waals surface area contributed by atoms with Crippen molar-refractivity contribution in [3.8, 4) is 0 Å². The molecule has 0 spiro atoms. The molecule has 1 fully saturated rings. The summed E-state index contributed by atoms with van der Waals surface area (Å²) < 4.78 is 0. The lowest BCUT2D eigenvalue weighted by Gasteiger charge is -2.29. The van der Waals surface area contributed by atoms with Crippen LogP contribution in [0.3, 0.4) is 0 Å². The Kier molecular flexibility index (Phi) is 4.70. The van der Waals surface area contributed by atoms with E-state index in [0.717, 1.165) is 25.8 Å². The van der Waals surface area contributed by atoms with Gasteiger partial charge in [0.05, 0.1) is 4.92 Å². The summed E-state index contributed by atoms with van der Waals surface area (Å²) in [6.45, 7) is 2.94.